The average molecular weight is 368 g/mol. The van der Waals surface area contributed by atoms with Gasteiger partial charge in [-0.1, -0.05) is 15.9 Å². The molecule has 2 rings (SSSR count). The van der Waals surface area contributed by atoms with Gasteiger partial charge in [-0.2, -0.15) is 0 Å². The molecule has 0 amide bonds. The molecule has 0 N–H and O–H groups in total. The van der Waals surface area contributed by atoms with Crippen molar-refractivity contribution in [1.29, 1.82) is 0 Å². The van der Waals surface area contributed by atoms with E-state index in [0.717, 1.165) is 25.7 Å². The molecule has 0 saturated heterocycles. The lowest BCUT2D eigenvalue weighted by molar-refractivity contribution is 0.0317. The quantitative estimate of drug-likeness (QED) is 0.606. The Labute approximate surface area is 124 Å². The van der Waals surface area contributed by atoms with E-state index in [1.165, 1.54) is 18.2 Å². The van der Waals surface area contributed by atoms with Gasteiger partial charge in [0.15, 0.2) is 0 Å². The van der Waals surface area contributed by atoms with Crippen LogP contribution in [-0.4, -0.2) is 20.5 Å². The highest BCUT2D eigenvalue weighted by Gasteiger charge is 2.22. The summed E-state index contributed by atoms with van der Waals surface area (Å²) in [4.78, 5) is 11.8. The zero-order valence-electron chi connectivity index (χ0n) is 9.93. The van der Waals surface area contributed by atoms with Gasteiger partial charge in [-0.05, 0) is 43.9 Å². The van der Waals surface area contributed by atoms with E-state index in [4.69, 9.17) is 15.4 Å². The molecule has 1 saturated carbocycles. The molecule has 7 heteroatoms. The Hall–Kier alpha value is -0.590. The second-order valence-corrected chi connectivity index (χ2v) is 7.91. The fraction of sp³-hybridized carbons (Fsp3) is 0.417. The van der Waals surface area contributed by atoms with Crippen LogP contribution in [0, 0.1) is 0 Å². The van der Waals surface area contributed by atoms with Crippen LogP contribution in [0.15, 0.2) is 27.6 Å². The Kier molecular flexibility index (Phi) is 4.53. The van der Waals surface area contributed by atoms with Crippen LogP contribution >= 0.6 is 26.6 Å². The first-order valence-electron chi connectivity index (χ1n) is 5.82. The molecule has 0 aromatic heterocycles. The molecule has 4 nitrogen and oxygen atoms in total. The predicted octanol–water partition coefficient (Wildman–Crippen LogP) is 3.48. The molecule has 0 spiro atoms. The number of benzene rings is 1. The van der Waals surface area contributed by atoms with Crippen molar-refractivity contribution in [3.8, 4) is 0 Å². The van der Waals surface area contributed by atoms with Crippen LogP contribution in [0.5, 0.6) is 0 Å². The number of halogens is 2. The van der Waals surface area contributed by atoms with Crippen molar-refractivity contribution in [1.82, 2.24) is 0 Å². The van der Waals surface area contributed by atoms with Crippen LogP contribution in [-0.2, 0) is 13.8 Å². The summed E-state index contributed by atoms with van der Waals surface area (Å²) in [7, 11) is 1.40. The van der Waals surface area contributed by atoms with Crippen LogP contribution in [0.2, 0.25) is 0 Å². The highest BCUT2D eigenvalue weighted by Crippen LogP contribution is 2.25. The Bertz CT molecular complexity index is 594. The number of carbonyl (C=O) groups is 1. The molecule has 0 unspecified atom stereocenters. The Balaban J connectivity index is 2.24. The number of carbonyl (C=O) groups excluding carboxylic acids is 1. The molecular formula is C12H12BrClO4S. The lowest BCUT2D eigenvalue weighted by Gasteiger charge is -2.11. The van der Waals surface area contributed by atoms with E-state index in [0.29, 0.717) is 4.47 Å². The second kappa shape index (κ2) is 5.81. The summed E-state index contributed by atoms with van der Waals surface area (Å²) < 4.78 is 28.4. The zero-order valence-corrected chi connectivity index (χ0v) is 13.1. The highest BCUT2D eigenvalue weighted by molar-refractivity contribution is 9.10. The molecule has 1 fully saturated rings. The number of rotatable bonds is 3. The number of hydrogen-bond acceptors (Lipinski definition) is 4. The second-order valence-electron chi connectivity index (χ2n) is 4.43. The van der Waals surface area contributed by atoms with E-state index >= 15 is 0 Å². The van der Waals surface area contributed by atoms with E-state index in [1.807, 2.05) is 0 Å². The Morgan fingerprint density at radius 2 is 1.89 bits per heavy atom. The van der Waals surface area contributed by atoms with E-state index in [2.05, 4.69) is 15.9 Å². The minimum atomic E-state index is -3.87. The maximum atomic E-state index is 12.0. The van der Waals surface area contributed by atoms with Gasteiger partial charge >= 0.3 is 5.97 Å². The minimum Gasteiger partial charge on any atom is -0.459 e. The zero-order chi connectivity index (χ0) is 14.0. The van der Waals surface area contributed by atoms with Crippen molar-refractivity contribution in [2.75, 3.05) is 0 Å². The molecule has 0 atom stereocenters. The van der Waals surface area contributed by atoms with Gasteiger partial charge in [-0.15, -0.1) is 0 Å². The monoisotopic (exact) mass is 366 g/mol. The van der Waals surface area contributed by atoms with Crippen molar-refractivity contribution < 1.29 is 17.9 Å². The van der Waals surface area contributed by atoms with Gasteiger partial charge in [0.2, 0.25) is 0 Å². The SMILES string of the molecule is O=C(OC1CCCC1)c1cc(Br)cc(S(=O)(=O)Cl)c1. The van der Waals surface area contributed by atoms with E-state index < -0.39 is 15.0 Å². The third-order valence-corrected chi connectivity index (χ3v) is 4.76. The fourth-order valence-corrected chi connectivity index (χ4v) is 3.49. The molecule has 1 aliphatic rings. The largest absolute Gasteiger partial charge is 0.459 e. The Morgan fingerprint density at radius 1 is 1.26 bits per heavy atom. The number of ether oxygens (including phenoxy) is 1. The lowest BCUT2D eigenvalue weighted by atomic mass is 10.2. The first-order valence-corrected chi connectivity index (χ1v) is 8.93. The van der Waals surface area contributed by atoms with Gasteiger partial charge in [0.05, 0.1) is 10.5 Å². The summed E-state index contributed by atoms with van der Waals surface area (Å²) in [6.45, 7) is 0. The van der Waals surface area contributed by atoms with Crippen LogP contribution in [0.3, 0.4) is 0 Å². The van der Waals surface area contributed by atoms with Crippen LogP contribution in [0.25, 0.3) is 0 Å². The minimum absolute atomic E-state index is 0.0671. The maximum absolute atomic E-state index is 12.0. The van der Waals surface area contributed by atoms with Crippen molar-refractivity contribution in [3.05, 3.63) is 28.2 Å². The average Bonchev–Trinajstić information content (AvgIpc) is 2.79. The molecule has 1 aromatic carbocycles. The topological polar surface area (TPSA) is 60.4 Å². The molecule has 1 aromatic rings. The number of hydrogen-bond donors (Lipinski definition) is 0. The standard InChI is InChI=1S/C12H12BrClO4S/c13-9-5-8(6-11(7-9)19(14,16)17)12(15)18-10-3-1-2-4-10/h5-7,10H,1-4H2. The van der Waals surface area contributed by atoms with Gasteiger partial charge in [-0.25, -0.2) is 13.2 Å². The van der Waals surface area contributed by atoms with Gasteiger partial charge in [-0.3, -0.25) is 0 Å². The van der Waals surface area contributed by atoms with Gasteiger partial charge in [0, 0.05) is 15.2 Å². The van der Waals surface area contributed by atoms with Crippen molar-refractivity contribution in [2.45, 2.75) is 36.7 Å². The molecule has 0 radical (unpaired) electrons. The van der Waals surface area contributed by atoms with Crippen molar-refractivity contribution >= 4 is 41.6 Å². The first-order chi connectivity index (χ1) is 8.86. The van der Waals surface area contributed by atoms with Gasteiger partial charge in [0.25, 0.3) is 9.05 Å². The van der Waals surface area contributed by atoms with E-state index in [9.17, 15) is 13.2 Å². The third-order valence-electron chi connectivity index (χ3n) is 2.96. The summed E-state index contributed by atoms with van der Waals surface area (Å²) in [5.74, 6) is -0.519. The molecule has 0 heterocycles. The van der Waals surface area contributed by atoms with E-state index in [1.54, 1.807) is 0 Å². The smallest absolute Gasteiger partial charge is 0.338 e. The molecule has 1 aliphatic carbocycles. The van der Waals surface area contributed by atoms with Crippen molar-refractivity contribution in [2.24, 2.45) is 0 Å². The summed E-state index contributed by atoms with van der Waals surface area (Å²) in [6.07, 6.45) is 3.76. The maximum Gasteiger partial charge on any atom is 0.338 e. The summed E-state index contributed by atoms with van der Waals surface area (Å²) in [6, 6.07) is 4.09. The molecule has 0 bridgehead atoms. The number of esters is 1. The van der Waals surface area contributed by atoms with Crippen LogP contribution in [0.1, 0.15) is 36.0 Å². The van der Waals surface area contributed by atoms with Crippen molar-refractivity contribution in [3.63, 3.8) is 0 Å². The summed E-state index contributed by atoms with van der Waals surface area (Å²) >= 11 is 3.16. The van der Waals surface area contributed by atoms with Gasteiger partial charge in [0.1, 0.15) is 6.10 Å². The van der Waals surface area contributed by atoms with Crippen LogP contribution < -0.4 is 0 Å². The molecule has 19 heavy (non-hydrogen) atoms. The van der Waals surface area contributed by atoms with Gasteiger partial charge < -0.3 is 4.74 Å². The summed E-state index contributed by atoms with van der Waals surface area (Å²) in [5, 5.41) is 0. The molecule has 0 aliphatic heterocycles. The fourth-order valence-electron chi connectivity index (χ4n) is 2.05. The van der Waals surface area contributed by atoms with E-state index in [-0.39, 0.29) is 16.6 Å². The highest BCUT2D eigenvalue weighted by atomic mass is 79.9. The third kappa shape index (κ3) is 3.94. The predicted molar refractivity (Wildman–Crippen MR) is 74.9 cm³/mol. The lowest BCUT2D eigenvalue weighted by Crippen LogP contribution is -2.15. The molecular weight excluding hydrogens is 356 g/mol. The normalized spacial score (nSPS) is 16.5. The summed E-state index contributed by atoms with van der Waals surface area (Å²) in [5.41, 5.74) is 0.181. The Morgan fingerprint density at radius 3 is 2.47 bits per heavy atom. The van der Waals surface area contributed by atoms with Crippen LogP contribution in [0.4, 0.5) is 0 Å². The first kappa shape index (κ1) is 14.8. The molecule has 104 valence electrons.